The summed E-state index contributed by atoms with van der Waals surface area (Å²) < 4.78 is 55.6. The van der Waals surface area contributed by atoms with E-state index in [0.29, 0.717) is 29.0 Å². The molecule has 1 fully saturated rings. The van der Waals surface area contributed by atoms with Gasteiger partial charge >= 0.3 is 12.2 Å². The molecule has 1 aromatic heterocycles. The Balaban J connectivity index is 1.23. The predicted octanol–water partition coefficient (Wildman–Crippen LogP) is 5.84. The first-order chi connectivity index (χ1) is 19.3. The molecule has 1 aliphatic rings. The summed E-state index contributed by atoms with van der Waals surface area (Å²) in [4.78, 5) is 14.7. The zero-order valence-corrected chi connectivity index (χ0v) is 21.5. The SMILES string of the molecule is Nc1noc2c(OCCCN3CCOCC3)ccc(-c3ccc(NC(=O)Nc4cccc(C(F)(F)F)c4)cc3)c12. The van der Waals surface area contributed by atoms with Crippen LogP contribution >= 0.6 is 0 Å². The molecule has 2 amide bonds. The van der Waals surface area contributed by atoms with Gasteiger partial charge in [0.2, 0.25) is 5.58 Å². The van der Waals surface area contributed by atoms with Crippen LogP contribution < -0.4 is 21.1 Å². The van der Waals surface area contributed by atoms with Crippen molar-refractivity contribution in [2.75, 3.05) is 55.8 Å². The van der Waals surface area contributed by atoms with E-state index < -0.39 is 17.8 Å². The molecule has 40 heavy (non-hydrogen) atoms. The van der Waals surface area contributed by atoms with Crippen LogP contribution in [-0.2, 0) is 10.9 Å². The quantitative estimate of drug-likeness (QED) is 0.234. The zero-order chi connectivity index (χ0) is 28.1. The van der Waals surface area contributed by atoms with Gasteiger partial charge in [0, 0.05) is 31.0 Å². The number of carbonyl (C=O) groups excluding carboxylic acids is 1. The molecule has 0 spiro atoms. The van der Waals surface area contributed by atoms with Gasteiger partial charge in [-0.05, 0) is 60.0 Å². The van der Waals surface area contributed by atoms with Crippen molar-refractivity contribution >= 4 is 34.2 Å². The Hall–Kier alpha value is -4.29. The van der Waals surface area contributed by atoms with E-state index in [9.17, 15) is 18.0 Å². The summed E-state index contributed by atoms with van der Waals surface area (Å²) in [6.45, 7) is 4.78. The minimum atomic E-state index is -4.50. The van der Waals surface area contributed by atoms with Crippen molar-refractivity contribution in [2.45, 2.75) is 12.6 Å². The lowest BCUT2D eigenvalue weighted by atomic mass is 10.0. The fourth-order valence-corrected chi connectivity index (χ4v) is 4.50. The summed E-state index contributed by atoms with van der Waals surface area (Å²) in [5, 5.41) is 9.58. The Kier molecular flexibility index (Phi) is 8.08. The van der Waals surface area contributed by atoms with E-state index in [-0.39, 0.29) is 11.5 Å². The van der Waals surface area contributed by atoms with Gasteiger partial charge in [-0.3, -0.25) is 4.90 Å². The van der Waals surface area contributed by atoms with E-state index in [1.165, 1.54) is 12.1 Å². The second kappa shape index (κ2) is 11.8. The van der Waals surface area contributed by atoms with Crippen molar-refractivity contribution in [3.63, 3.8) is 0 Å². The number of halogens is 3. The largest absolute Gasteiger partial charge is 0.489 e. The summed E-state index contributed by atoms with van der Waals surface area (Å²) in [5.74, 6) is 0.779. The molecular formula is C28H28F3N5O4. The third-order valence-corrected chi connectivity index (χ3v) is 6.49. The van der Waals surface area contributed by atoms with Gasteiger partial charge in [-0.2, -0.15) is 13.2 Å². The Morgan fingerprint density at radius 3 is 2.52 bits per heavy atom. The van der Waals surface area contributed by atoms with Gasteiger partial charge in [0.1, 0.15) is 0 Å². The number of morpholine rings is 1. The molecule has 0 atom stereocenters. The molecule has 0 radical (unpaired) electrons. The summed E-state index contributed by atoms with van der Waals surface area (Å²) in [6, 6.07) is 14.3. The van der Waals surface area contributed by atoms with E-state index in [1.54, 1.807) is 24.3 Å². The number of hydrogen-bond acceptors (Lipinski definition) is 7. The number of aromatic nitrogens is 1. The Labute approximate surface area is 228 Å². The maximum absolute atomic E-state index is 12.9. The number of rotatable bonds is 8. The monoisotopic (exact) mass is 555 g/mol. The highest BCUT2D eigenvalue weighted by molar-refractivity contribution is 6.04. The number of nitrogen functional groups attached to an aromatic ring is 1. The number of carbonyl (C=O) groups is 1. The number of alkyl halides is 3. The van der Waals surface area contributed by atoms with Crippen LogP contribution in [0.5, 0.6) is 5.75 Å². The van der Waals surface area contributed by atoms with E-state index in [4.69, 9.17) is 19.7 Å². The van der Waals surface area contributed by atoms with E-state index >= 15 is 0 Å². The smallest absolute Gasteiger partial charge is 0.416 e. The number of nitrogens with one attached hydrogen (secondary N) is 2. The van der Waals surface area contributed by atoms with Gasteiger partial charge in [0.15, 0.2) is 11.6 Å². The number of amides is 2. The second-order valence-corrected chi connectivity index (χ2v) is 9.27. The van der Waals surface area contributed by atoms with Crippen LogP contribution in [0, 0.1) is 0 Å². The van der Waals surface area contributed by atoms with E-state index in [1.807, 2.05) is 12.1 Å². The molecule has 0 bridgehead atoms. The number of anilines is 3. The van der Waals surface area contributed by atoms with Gasteiger partial charge in [-0.25, -0.2) is 4.79 Å². The first kappa shape index (κ1) is 27.3. The maximum atomic E-state index is 12.9. The standard InChI is InChI=1S/C28H28F3N5O4/c29-28(30,31)19-3-1-4-21(17-19)34-27(37)33-20-7-5-18(6-8-20)22-9-10-23(25-24(22)26(32)35-40-25)39-14-2-11-36-12-15-38-16-13-36/h1,3-10,17H,2,11-16H2,(H2,32,35)(H2,33,34,37). The first-order valence-electron chi connectivity index (χ1n) is 12.7. The molecule has 5 rings (SSSR count). The average Bonchev–Trinajstić information content (AvgIpc) is 3.34. The van der Waals surface area contributed by atoms with Gasteiger partial charge in [0.05, 0.1) is 30.8 Å². The van der Waals surface area contributed by atoms with Crippen molar-refractivity contribution < 1.29 is 32.0 Å². The topological polar surface area (TPSA) is 115 Å². The molecule has 0 aliphatic carbocycles. The molecule has 4 aromatic rings. The summed E-state index contributed by atoms with van der Waals surface area (Å²) in [5.41, 5.74) is 7.77. The molecular weight excluding hydrogens is 527 g/mol. The van der Waals surface area contributed by atoms with Crippen LogP contribution in [0.25, 0.3) is 22.1 Å². The highest BCUT2D eigenvalue weighted by atomic mass is 19.4. The second-order valence-electron chi connectivity index (χ2n) is 9.27. The van der Waals surface area contributed by atoms with Gasteiger partial charge < -0.3 is 30.4 Å². The Bertz CT molecular complexity index is 1470. The summed E-state index contributed by atoms with van der Waals surface area (Å²) in [6.07, 6.45) is -3.65. The Morgan fingerprint density at radius 1 is 1.02 bits per heavy atom. The number of fused-ring (bicyclic) bond motifs is 1. The fourth-order valence-electron chi connectivity index (χ4n) is 4.50. The van der Waals surface area contributed by atoms with Crippen molar-refractivity contribution in [3.05, 3.63) is 66.2 Å². The minimum Gasteiger partial charge on any atom is -0.489 e. The average molecular weight is 556 g/mol. The molecule has 12 heteroatoms. The van der Waals surface area contributed by atoms with Gasteiger partial charge in [0.25, 0.3) is 0 Å². The van der Waals surface area contributed by atoms with Crippen LogP contribution in [-0.4, -0.2) is 55.5 Å². The lowest BCUT2D eigenvalue weighted by Crippen LogP contribution is -2.37. The van der Waals surface area contributed by atoms with Crippen molar-refractivity contribution in [1.82, 2.24) is 10.1 Å². The van der Waals surface area contributed by atoms with E-state index in [0.717, 1.165) is 62.5 Å². The minimum absolute atomic E-state index is 0.0256. The third kappa shape index (κ3) is 6.46. The van der Waals surface area contributed by atoms with Crippen molar-refractivity contribution in [3.8, 4) is 16.9 Å². The number of ether oxygens (including phenoxy) is 2. The first-order valence-corrected chi connectivity index (χ1v) is 12.7. The molecule has 1 saturated heterocycles. The number of urea groups is 1. The summed E-state index contributed by atoms with van der Waals surface area (Å²) in [7, 11) is 0. The molecule has 210 valence electrons. The number of nitrogens with zero attached hydrogens (tertiary/aromatic N) is 2. The molecule has 9 nitrogen and oxygen atoms in total. The lowest BCUT2D eigenvalue weighted by Gasteiger charge is -2.26. The van der Waals surface area contributed by atoms with E-state index in [2.05, 4.69) is 20.7 Å². The molecule has 3 aromatic carbocycles. The summed E-state index contributed by atoms with van der Waals surface area (Å²) >= 11 is 0. The molecule has 1 aliphatic heterocycles. The van der Waals surface area contributed by atoms with Gasteiger partial charge in [-0.15, -0.1) is 0 Å². The highest BCUT2D eigenvalue weighted by Crippen LogP contribution is 2.38. The highest BCUT2D eigenvalue weighted by Gasteiger charge is 2.30. The number of hydrogen-bond donors (Lipinski definition) is 3. The van der Waals surface area contributed by atoms with Crippen LogP contribution in [0.3, 0.4) is 0 Å². The lowest BCUT2D eigenvalue weighted by molar-refractivity contribution is -0.137. The molecule has 0 unspecified atom stereocenters. The maximum Gasteiger partial charge on any atom is 0.416 e. The zero-order valence-electron chi connectivity index (χ0n) is 21.5. The number of nitrogens with two attached hydrogens (primary N) is 1. The van der Waals surface area contributed by atoms with Crippen LogP contribution in [0.4, 0.5) is 35.2 Å². The van der Waals surface area contributed by atoms with Crippen LogP contribution in [0.1, 0.15) is 12.0 Å². The fraction of sp³-hybridized carbons (Fsp3) is 0.286. The van der Waals surface area contributed by atoms with Crippen molar-refractivity contribution in [2.24, 2.45) is 0 Å². The normalized spacial score (nSPS) is 14.3. The molecule has 4 N–H and O–H groups in total. The van der Waals surface area contributed by atoms with Crippen LogP contribution in [0.2, 0.25) is 0 Å². The third-order valence-electron chi connectivity index (χ3n) is 6.49. The van der Waals surface area contributed by atoms with Gasteiger partial charge in [-0.1, -0.05) is 23.4 Å². The Morgan fingerprint density at radius 2 is 1.77 bits per heavy atom. The molecule has 0 saturated carbocycles. The molecule has 2 heterocycles. The predicted molar refractivity (Wildman–Crippen MR) is 145 cm³/mol. The van der Waals surface area contributed by atoms with Crippen LogP contribution in [0.15, 0.2) is 65.2 Å². The van der Waals surface area contributed by atoms with Crippen molar-refractivity contribution in [1.29, 1.82) is 0 Å². The number of benzene rings is 3.